The molecule has 0 heterocycles. The van der Waals surface area contributed by atoms with Gasteiger partial charge in [-0.3, -0.25) is 0 Å². The molecule has 0 atom stereocenters. The Morgan fingerprint density at radius 1 is 1.12 bits per heavy atom. The molecule has 2 nitrogen and oxygen atoms in total. The average molecular weight is 291 g/mol. The van der Waals surface area contributed by atoms with E-state index in [2.05, 4.69) is 15.9 Å². The second-order valence-electron chi connectivity index (χ2n) is 3.86. The lowest BCUT2D eigenvalue weighted by atomic mass is 9.99. The van der Waals surface area contributed by atoms with E-state index in [-0.39, 0.29) is 0 Å². The van der Waals surface area contributed by atoms with Crippen molar-refractivity contribution in [2.75, 3.05) is 0 Å². The number of halogens is 1. The van der Waals surface area contributed by atoms with Gasteiger partial charge in [-0.25, -0.2) is 4.79 Å². The first-order chi connectivity index (χ1) is 8.08. The summed E-state index contributed by atoms with van der Waals surface area (Å²) in [4.78, 5) is 11.2. The van der Waals surface area contributed by atoms with Gasteiger partial charge in [0.1, 0.15) is 0 Å². The molecule has 0 spiro atoms. The van der Waals surface area contributed by atoms with Crippen molar-refractivity contribution in [3.05, 3.63) is 58.1 Å². The minimum Gasteiger partial charge on any atom is -0.478 e. The molecule has 0 aliphatic rings. The molecule has 0 aromatic heterocycles. The monoisotopic (exact) mass is 290 g/mol. The fourth-order valence-electron chi connectivity index (χ4n) is 1.68. The summed E-state index contributed by atoms with van der Waals surface area (Å²) in [7, 11) is 0. The molecule has 3 heteroatoms. The minimum absolute atomic E-state index is 0.309. The van der Waals surface area contributed by atoms with Crippen LogP contribution in [0, 0.1) is 6.92 Å². The number of benzene rings is 2. The molecule has 1 N–H and O–H groups in total. The molecule has 17 heavy (non-hydrogen) atoms. The maximum atomic E-state index is 11.2. The lowest BCUT2D eigenvalue weighted by molar-refractivity contribution is 0.0697. The van der Waals surface area contributed by atoms with Gasteiger partial charge in [0, 0.05) is 4.47 Å². The Bertz CT molecular complexity index is 559. The molecule has 0 saturated carbocycles. The van der Waals surface area contributed by atoms with Crippen LogP contribution in [0.2, 0.25) is 0 Å². The van der Waals surface area contributed by atoms with E-state index in [9.17, 15) is 9.90 Å². The molecule has 0 unspecified atom stereocenters. The molecule has 2 aromatic rings. The van der Waals surface area contributed by atoms with Crippen LogP contribution in [-0.4, -0.2) is 11.1 Å². The SMILES string of the molecule is Cc1ccc(-c2ccc(Br)cc2C(=O)O)cc1. The zero-order chi connectivity index (χ0) is 12.4. The van der Waals surface area contributed by atoms with Crippen molar-refractivity contribution in [3.8, 4) is 11.1 Å². The lowest BCUT2D eigenvalue weighted by Crippen LogP contribution is -1.99. The summed E-state index contributed by atoms with van der Waals surface area (Å²) in [6, 6.07) is 13.1. The summed E-state index contributed by atoms with van der Waals surface area (Å²) in [5, 5.41) is 9.19. The Morgan fingerprint density at radius 3 is 2.35 bits per heavy atom. The zero-order valence-corrected chi connectivity index (χ0v) is 10.9. The molecule has 0 radical (unpaired) electrons. The molecule has 0 amide bonds. The van der Waals surface area contributed by atoms with E-state index in [1.807, 2.05) is 43.3 Å². The van der Waals surface area contributed by atoms with Crippen molar-refractivity contribution < 1.29 is 9.90 Å². The van der Waals surface area contributed by atoms with Gasteiger partial charge in [0.05, 0.1) is 5.56 Å². The fourth-order valence-corrected chi connectivity index (χ4v) is 2.04. The number of aryl methyl sites for hydroxylation is 1. The van der Waals surface area contributed by atoms with E-state index in [0.717, 1.165) is 21.2 Å². The van der Waals surface area contributed by atoms with Gasteiger partial charge in [-0.1, -0.05) is 51.8 Å². The van der Waals surface area contributed by atoms with Gasteiger partial charge < -0.3 is 5.11 Å². The second kappa shape index (κ2) is 4.72. The number of hydrogen-bond donors (Lipinski definition) is 1. The molecule has 0 saturated heterocycles. The Kier molecular flexibility index (Phi) is 3.29. The smallest absolute Gasteiger partial charge is 0.336 e. The second-order valence-corrected chi connectivity index (χ2v) is 4.78. The summed E-state index contributed by atoms with van der Waals surface area (Å²) < 4.78 is 0.769. The topological polar surface area (TPSA) is 37.3 Å². The summed E-state index contributed by atoms with van der Waals surface area (Å²) >= 11 is 3.29. The summed E-state index contributed by atoms with van der Waals surface area (Å²) in [5.41, 5.74) is 3.12. The first-order valence-electron chi connectivity index (χ1n) is 5.18. The Labute approximate surface area is 108 Å². The van der Waals surface area contributed by atoms with E-state index in [1.165, 1.54) is 0 Å². The van der Waals surface area contributed by atoms with Gasteiger partial charge in [0.2, 0.25) is 0 Å². The highest BCUT2D eigenvalue weighted by Crippen LogP contribution is 2.27. The first kappa shape index (κ1) is 11.9. The van der Waals surface area contributed by atoms with Crippen molar-refractivity contribution in [3.63, 3.8) is 0 Å². The first-order valence-corrected chi connectivity index (χ1v) is 5.97. The normalized spacial score (nSPS) is 10.2. The molecule has 0 aliphatic carbocycles. The predicted molar refractivity (Wildman–Crippen MR) is 71.3 cm³/mol. The molecular weight excluding hydrogens is 280 g/mol. The van der Waals surface area contributed by atoms with Crippen LogP contribution in [0.5, 0.6) is 0 Å². The van der Waals surface area contributed by atoms with E-state index in [1.54, 1.807) is 6.07 Å². The van der Waals surface area contributed by atoms with E-state index in [0.29, 0.717) is 5.56 Å². The Morgan fingerprint density at radius 2 is 1.76 bits per heavy atom. The summed E-state index contributed by atoms with van der Waals surface area (Å²) in [5.74, 6) is -0.915. The fraction of sp³-hybridized carbons (Fsp3) is 0.0714. The van der Waals surface area contributed by atoms with Crippen LogP contribution in [0.15, 0.2) is 46.9 Å². The number of carboxylic acid groups (broad SMARTS) is 1. The predicted octanol–water partition coefficient (Wildman–Crippen LogP) is 4.12. The van der Waals surface area contributed by atoms with Crippen LogP contribution in [0.3, 0.4) is 0 Å². The molecule has 2 rings (SSSR count). The number of carbonyl (C=O) groups is 1. The molecule has 2 aromatic carbocycles. The molecule has 0 fully saturated rings. The molecular formula is C14H11BrO2. The summed E-state index contributed by atoms with van der Waals surface area (Å²) in [6.07, 6.45) is 0. The third kappa shape index (κ3) is 2.56. The molecule has 86 valence electrons. The highest BCUT2D eigenvalue weighted by molar-refractivity contribution is 9.10. The van der Waals surface area contributed by atoms with Crippen molar-refractivity contribution >= 4 is 21.9 Å². The standard InChI is InChI=1S/C14H11BrO2/c1-9-2-4-10(5-3-9)12-7-6-11(15)8-13(12)14(16)17/h2-8H,1H3,(H,16,17). The van der Waals surface area contributed by atoms with Gasteiger partial charge in [-0.2, -0.15) is 0 Å². The largest absolute Gasteiger partial charge is 0.478 e. The quantitative estimate of drug-likeness (QED) is 0.903. The third-order valence-electron chi connectivity index (χ3n) is 2.57. The van der Waals surface area contributed by atoms with Crippen LogP contribution in [0.4, 0.5) is 0 Å². The number of carboxylic acids is 1. The van der Waals surface area contributed by atoms with Crippen LogP contribution in [0.25, 0.3) is 11.1 Å². The number of rotatable bonds is 2. The van der Waals surface area contributed by atoms with Crippen molar-refractivity contribution in [1.29, 1.82) is 0 Å². The maximum Gasteiger partial charge on any atom is 0.336 e. The van der Waals surface area contributed by atoms with Gasteiger partial charge >= 0.3 is 5.97 Å². The highest BCUT2D eigenvalue weighted by atomic mass is 79.9. The van der Waals surface area contributed by atoms with Crippen molar-refractivity contribution in [2.24, 2.45) is 0 Å². The van der Waals surface area contributed by atoms with Gasteiger partial charge in [0.15, 0.2) is 0 Å². The highest BCUT2D eigenvalue weighted by Gasteiger charge is 2.11. The average Bonchev–Trinajstić information content (AvgIpc) is 2.30. The van der Waals surface area contributed by atoms with E-state index in [4.69, 9.17) is 0 Å². The molecule has 0 bridgehead atoms. The zero-order valence-electron chi connectivity index (χ0n) is 9.27. The van der Waals surface area contributed by atoms with Crippen molar-refractivity contribution in [1.82, 2.24) is 0 Å². The number of hydrogen-bond acceptors (Lipinski definition) is 1. The van der Waals surface area contributed by atoms with Crippen LogP contribution in [-0.2, 0) is 0 Å². The minimum atomic E-state index is -0.915. The summed E-state index contributed by atoms with van der Waals surface area (Å²) in [6.45, 7) is 2.00. The van der Waals surface area contributed by atoms with Crippen LogP contribution >= 0.6 is 15.9 Å². The lowest BCUT2D eigenvalue weighted by Gasteiger charge is -2.07. The van der Waals surface area contributed by atoms with Gasteiger partial charge in [0.25, 0.3) is 0 Å². The van der Waals surface area contributed by atoms with Crippen molar-refractivity contribution in [2.45, 2.75) is 6.92 Å². The Hall–Kier alpha value is -1.61. The van der Waals surface area contributed by atoms with E-state index < -0.39 is 5.97 Å². The van der Waals surface area contributed by atoms with Gasteiger partial charge in [-0.05, 0) is 30.2 Å². The van der Waals surface area contributed by atoms with Gasteiger partial charge in [-0.15, -0.1) is 0 Å². The molecule has 0 aliphatic heterocycles. The number of aromatic carboxylic acids is 1. The maximum absolute atomic E-state index is 11.2. The third-order valence-corrected chi connectivity index (χ3v) is 3.07. The van der Waals surface area contributed by atoms with Crippen LogP contribution in [0.1, 0.15) is 15.9 Å². The van der Waals surface area contributed by atoms with E-state index >= 15 is 0 Å². The van der Waals surface area contributed by atoms with Crippen LogP contribution < -0.4 is 0 Å². The Balaban J connectivity index is 2.58.